The highest BCUT2D eigenvalue weighted by Crippen LogP contribution is 2.25. The molecule has 0 aromatic carbocycles. The molecule has 0 atom stereocenters. The topological polar surface area (TPSA) is 47.5 Å². The number of ether oxygens (including phenoxy) is 2. The van der Waals surface area contributed by atoms with Crippen LogP contribution in [0.1, 0.15) is 24.6 Å². The number of methoxy groups -OCH3 is 2. The summed E-state index contributed by atoms with van der Waals surface area (Å²) in [6, 6.07) is 0. The third-order valence-corrected chi connectivity index (χ3v) is 3.94. The maximum Gasteiger partial charge on any atom is 0.169 e. The molecule has 2 rings (SSSR count). The van der Waals surface area contributed by atoms with Crippen molar-refractivity contribution >= 4 is 15.9 Å². The predicted octanol–water partition coefficient (Wildman–Crippen LogP) is 2.04. The Hall–Kier alpha value is -0.560. The number of rotatable bonds is 5. The molecule has 1 aromatic heterocycles. The van der Waals surface area contributed by atoms with E-state index in [0.717, 1.165) is 42.8 Å². The van der Waals surface area contributed by atoms with Crippen molar-refractivity contribution < 1.29 is 9.47 Å². The highest BCUT2D eigenvalue weighted by Gasteiger charge is 2.24. The van der Waals surface area contributed by atoms with Gasteiger partial charge in [0.05, 0.1) is 4.47 Å². The van der Waals surface area contributed by atoms with Crippen LogP contribution >= 0.6 is 15.9 Å². The summed E-state index contributed by atoms with van der Waals surface area (Å²) >= 11 is 3.36. The molecule has 1 aromatic rings. The zero-order valence-electron chi connectivity index (χ0n) is 11.4. The second kappa shape index (κ2) is 7.28. The molecule has 1 saturated heterocycles. The van der Waals surface area contributed by atoms with Crippen LogP contribution in [-0.2, 0) is 9.47 Å². The lowest BCUT2D eigenvalue weighted by atomic mass is 9.96. The van der Waals surface area contributed by atoms with Crippen LogP contribution in [0.25, 0.3) is 0 Å². The van der Waals surface area contributed by atoms with E-state index < -0.39 is 0 Å². The van der Waals surface area contributed by atoms with Crippen LogP contribution in [0.5, 0.6) is 0 Å². The lowest BCUT2D eigenvalue weighted by molar-refractivity contribution is -0.118. The quantitative estimate of drug-likeness (QED) is 0.773. The van der Waals surface area contributed by atoms with Crippen molar-refractivity contribution in [3.05, 3.63) is 22.7 Å². The Morgan fingerprint density at radius 1 is 1.26 bits per heavy atom. The van der Waals surface area contributed by atoms with E-state index in [9.17, 15) is 0 Å². The minimum atomic E-state index is -0.138. The van der Waals surface area contributed by atoms with Gasteiger partial charge in [0.25, 0.3) is 0 Å². The SMILES string of the molecule is COC(CN1CCC(c2ncc(Br)cn2)CC1)OC. The van der Waals surface area contributed by atoms with Crippen LogP contribution < -0.4 is 0 Å². The Labute approximate surface area is 122 Å². The summed E-state index contributed by atoms with van der Waals surface area (Å²) in [6.45, 7) is 2.89. The molecule has 1 fully saturated rings. The van der Waals surface area contributed by atoms with Crippen molar-refractivity contribution in [1.29, 1.82) is 0 Å². The molecule has 0 amide bonds. The maximum absolute atomic E-state index is 5.23. The van der Waals surface area contributed by atoms with Crippen molar-refractivity contribution in [1.82, 2.24) is 14.9 Å². The Balaban J connectivity index is 1.83. The van der Waals surface area contributed by atoms with Gasteiger partial charge in [0, 0.05) is 39.1 Å². The third kappa shape index (κ3) is 4.21. The van der Waals surface area contributed by atoms with Gasteiger partial charge in [0.15, 0.2) is 6.29 Å². The van der Waals surface area contributed by atoms with Crippen molar-refractivity contribution in [2.45, 2.75) is 25.0 Å². The van der Waals surface area contributed by atoms with Gasteiger partial charge in [-0.25, -0.2) is 9.97 Å². The summed E-state index contributed by atoms with van der Waals surface area (Å²) < 4.78 is 11.4. The van der Waals surface area contributed by atoms with Gasteiger partial charge < -0.3 is 9.47 Å². The number of aromatic nitrogens is 2. The first-order chi connectivity index (χ1) is 9.22. The van der Waals surface area contributed by atoms with E-state index in [1.165, 1.54) is 0 Å². The number of hydrogen-bond acceptors (Lipinski definition) is 5. The summed E-state index contributed by atoms with van der Waals surface area (Å²) in [6.07, 6.45) is 5.67. The van der Waals surface area contributed by atoms with Crippen LogP contribution in [0.15, 0.2) is 16.9 Å². The number of halogens is 1. The van der Waals surface area contributed by atoms with Crippen LogP contribution in [0.2, 0.25) is 0 Å². The number of nitrogens with zero attached hydrogens (tertiary/aromatic N) is 3. The lowest BCUT2D eigenvalue weighted by Gasteiger charge is -2.32. The molecule has 2 heterocycles. The monoisotopic (exact) mass is 329 g/mol. The van der Waals surface area contributed by atoms with Gasteiger partial charge in [-0.05, 0) is 41.9 Å². The van der Waals surface area contributed by atoms with E-state index in [1.807, 2.05) is 12.4 Å². The Morgan fingerprint density at radius 2 is 1.84 bits per heavy atom. The fourth-order valence-corrected chi connectivity index (χ4v) is 2.57. The average Bonchev–Trinajstić information content (AvgIpc) is 2.46. The largest absolute Gasteiger partial charge is 0.355 e. The molecule has 19 heavy (non-hydrogen) atoms. The van der Waals surface area contributed by atoms with Gasteiger partial charge in [-0.1, -0.05) is 0 Å². The molecule has 0 spiro atoms. The summed E-state index contributed by atoms with van der Waals surface area (Å²) in [7, 11) is 3.35. The molecule has 0 bridgehead atoms. The van der Waals surface area contributed by atoms with Gasteiger partial charge in [-0.2, -0.15) is 0 Å². The molecule has 0 aliphatic carbocycles. The molecule has 1 aliphatic rings. The minimum Gasteiger partial charge on any atom is -0.355 e. The van der Waals surface area contributed by atoms with E-state index in [4.69, 9.17) is 9.47 Å². The van der Waals surface area contributed by atoms with Crippen LogP contribution in [0.3, 0.4) is 0 Å². The second-order valence-corrected chi connectivity index (χ2v) is 5.65. The predicted molar refractivity (Wildman–Crippen MR) is 76.0 cm³/mol. The van der Waals surface area contributed by atoms with Gasteiger partial charge in [-0.3, -0.25) is 4.90 Å². The number of likely N-dealkylation sites (tertiary alicyclic amines) is 1. The fraction of sp³-hybridized carbons (Fsp3) is 0.692. The molecule has 0 unspecified atom stereocenters. The minimum absolute atomic E-state index is 0.138. The molecule has 0 saturated carbocycles. The van der Waals surface area contributed by atoms with Crippen molar-refractivity contribution in [3.63, 3.8) is 0 Å². The maximum atomic E-state index is 5.23. The van der Waals surface area contributed by atoms with E-state index in [1.54, 1.807) is 14.2 Å². The average molecular weight is 330 g/mol. The molecule has 0 radical (unpaired) electrons. The summed E-state index contributed by atoms with van der Waals surface area (Å²) in [5.74, 6) is 1.42. The molecule has 106 valence electrons. The number of hydrogen-bond donors (Lipinski definition) is 0. The smallest absolute Gasteiger partial charge is 0.169 e. The Morgan fingerprint density at radius 3 is 2.37 bits per heavy atom. The normalized spacial score (nSPS) is 18.1. The molecule has 0 N–H and O–H groups in total. The third-order valence-electron chi connectivity index (χ3n) is 3.53. The van der Waals surface area contributed by atoms with Crippen molar-refractivity contribution in [2.24, 2.45) is 0 Å². The summed E-state index contributed by atoms with van der Waals surface area (Å²) in [5, 5.41) is 0. The van der Waals surface area contributed by atoms with Crippen molar-refractivity contribution in [3.8, 4) is 0 Å². The fourth-order valence-electron chi connectivity index (χ4n) is 2.36. The molecule has 6 heteroatoms. The van der Waals surface area contributed by atoms with Crippen LogP contribution in [-0.4, -0.2) is 55.0 Å². The highest BCUT2D eigenvalue weighted by atomic mass is 79.9. The van der Waals surface area contributed by atoms with Crippen LogP contribution in [0.4, 0.5) is 0 Å². The highest BCUT2D eigenvalue weighted by molar-refractivity contribution is 9.10. The first-order valence-corrected chi connectivity index (χ1v) is 7.27. The zero-order chi connectivity index (χ0) is 13.7. The molecular weight excluding hydrogens is 310 g/mol. The molecule has 5 nitrogen and oxygen atoms in total. The first kappa shape index (κ1) is 14.8. The molecular formula is C13H20BrN3O2. The summed E-state index contributed by atoms with van der Waals surface area (Å²) in [4.78, 5) is 11.2. The van der Waals surface area contributed by atoms with E-state index >= 15 is 0 Å². The van der Waals surface area contributed by atoms with Gasteiger partial charge in [0.2, 0.25) is 0 Å². The van der Waals surface area contributed by atoms with E-state index in [0.29, 0.717) is 5.92 Å². The second-order valence-electron chi connectivity index (χ2n) is 4.74. The number of piperidine rings is 1. The van der Waals surface area contributed by atoms with E-state index in [-0.39, 0.29) is 6.29 Å². The first-order valence-electron chi connectivity index (χ1n) is 6.48. The van der Waals surface area contributed by atoms with Gasteiger partial charge in [-0.15, -0.1) is 0 Å². The Bertz CT molecular complexity index is 376. The van der Waals surface area contributed by atoms with Gasteiger partial charge >= 0.3 is 0 Å². The molecule has 1 aliphatic heterocycles. The van der Waals surface area contributed by atoms with Crippen molar-refractivity contribution in [2.75, 3.05) is 33.9 Å². The van der Waals surface area contributed by atoms with Crippen LogP contribution in [0, 0.1) is 0 Å². The Kier molecular flexibility index (Phi) is 5.69. The zero-order valence-corrected chi connectivity index (χ0v) is 13.0. The lowest BCUT2D eigenvalue weighted by Crippen LogP contribution is -2.39. The van der Waals surface area contributed by atoms with E-state index in [2.05, 4.69) is 30.8 Å². The van der Waals surface area contributed by atoms with Gasteiger partial charge in [0.1, 0.15) is 5.82 Å². The summed E-state index contributed by atoms with van der Waals surface area (Å²) in [5.41, 5.74) is 0. The standard InChI is InChI=1S/C13H20BrN3O2/c1-18-12(19-2)9-17-5-3-10(4-6-17)13-15-7-11(14)8-16-13/h7-8,10,12H,3-6,9H2,1-2H3.